The highest BCUT2D eigenvalue weighted by Gasteiger charge is 2.05. The SMILES string of the molecule is C.C.CC(=O)NNC(=O)C(C)C.Cc1nnc(C(C)C)s1.S=PP=S=S=S=S. The summed E-state index contributed by atoms with van der Waals surface area (Å²) in [6.07, 6.45) is 0. The molecule has 14 heteroatoms. The van der Waals surface area contributed by atoms with E-state index >= 15 is 0 Å². The van der Waals surface area contributed by atoms with E-state index in [-0.39, 0.29) is 32.6 Å². The number of hydrogen-bond acceptors (Lipinski definition) is 7. The molecule has 0 bridgehead atoms. The summed E-state index contributed by atoms with van der Waals surface area (Å²) in [6, 6.07) is 0. The molecule has 0 aromatic carbocycles. The highest BCUT2D eigenvalue weighted by atomic mass is 33.3. The van der Waals surface area contributed by atoms with Gasteiger partial charge in [-0.05, 0) is 57.2 Å². The normalized spacial score (nSPS) is 8.86. The largest absolute Gasteiger partial charge is 0.274 e. The van der Waals surface area contributed by atoms with Crippen LogP contribution < -0.4 is 10.9 Å². The standard InChI is InChI=1S/C6H12N2O2.C6H10N2S.2CH4.P2S5/c1-4(2)6(10)8-7-5(3)9;1-4(2)6-8-7-5(3)9-6;;;3-1-2-5-7-6-4/h4H,1-3H3,(H,7,9)(H,8,10);4H,1-3H3;2*1H4;. The number of nitrogens with zero attached hydrogens (tertiary/aromatic N) is 2. The number of aryl methyl sites for hydroxylation is 1. The number of carbonyl (C=O) groups excluding carboxylic acids is 2. The number of hydrazine groups is 1. The van der Waals surface area contributed by atoms with Crippen LogP contribution >= 0.6 is 25.4 Å². The molecule has 164 valence electrons. The summed E-state index contributed by atoms with van der Waals surface area (Å²) in [6.45, 7) is 11.1. The summed E-state index contributed by atoms with van der Waals surface area (Å²) < 4.78 is 0. The molecular weight excluding hydrogens is 511 g/mol. The van der Waals surface area contributed by atoms with Crippen molar-refractivity contribution in [2.45, 2.75) is 62.3 Å². The van der Waals surface area contributed by atoms with Crippen molar-refractivity contribution in [2.24, 2.45) is 5.92 Å². The molecule has 28 heavy (non-hydrogen) atoms. The van der Waals surface area contributed by atoms with Crippen molar-refractivity contribution in [1.29, 1.82) is 0 Å². The molecular formula is C14H30N4O2P2S6. The lowest BCUT2D eigenvalue weighted by Crippen LogP contribution is -2.42. The Morgan fingerprint density at radius 2 is 1.71 bits per heavy atom. The number of carbonyl (C=O) groups is 2. The van der Waals surface area contributed by atoms with Crippen LogP contribution in [0.15, 0.2) is 0 Å². The zero-order valence-electron chi connectivity index (χ0n) is 15.2. The lowest BCUT2D eigenvalue weighted by Gasteiger charge is -2.06. The van der Waals surface area contributed by atoms with Gasteiger partial charge in [-0.1, -0.05) is 42.5 Å². The fourth-order valence-corrected chi connectivity index (χ4v) is 11.2. The van der Waals surface area contributed by atoms with Crippen LogP contribution in [-0.4, -0.2) is 22.0 Å². The molecule has 1 aromatic heterocycles. The van der Waals surface area contributed by atoms with Crippen molar-refractivity contribution < 1.29 is 9.59 Å². The fourth-order valence-electron chi connectivity index (χ4n) is 0.879. The molecule has 2 amide bonds. The molecule has 0 atom stereocenters. The Bertz CT molecular complexity index is 710. The van der Waals surface area contributed by atoms with Gasteiger partial charge in [0.05, 0.1) is 0 Å². The number of amides is 2. The first kappa shape index (κ1) is 35.6. The average Bonchev–Trinajstić information content (AvgIpc) is 3.01. The summed E-state index contributed by atoms with van der Waals surface area (Å²) in [5.74, 6) is -0.0350. The Morgan fingerprint density at radius 3 is 2.00 bits per heavy atom. The molecule has 0 radical (unpaired) electrons. The summed E-state index contributed by atoms with van der Waals surface area (Å²) in [5.41, 5.74) is 4.43. The van der Waals surface area contributed by atoms with E-state index in [9.17, 15) is 9.59 Å². The lowest BCUT2D eigenvalue weighted by atomic mass is 10.2. The van der Waals surface area contributed by atoms with Crippen LogP contribution in [0.2, 0.25) is 0 Å². The third-order valence-electron chi connectivity index (χ3n) is 2.05. The molecule has 6 nitrogen and oxygen atoms in total. The van der Waals surface area contributed by atoms with Gasteiger partial charge < -0.3 is 0 Å². The maximum absolute atomic E-state index is 10.7. The minimum atomic E-state index is -0.269. The lowest BCUT2D eigenvalue weighted by molar-refractivity contribution is -0.129. The minimum absolute atomic E-state index is 0. The Labute approximate surface area is 195 Å². The predicted molar refractivity (Wildman–Crippen MR) is 140 cm³/mol. The third kappa shape index (κ3) is 24.2. The monoisotopic (exact) mass is 540 g/mol. The maximum Gasteiger partial charge on any atom is 0.240 e. The van der Waals surface area contributed by atoms with E-state index < -0.39 is 0 Å². The van der Waals surface area contributed by atoms with Crippen LogP contribution in [0, 0.1) is 12.8 Å². The van der Waals surface area contributed by atoms with Crippen molar-refractivity contribution in [3.05, 3.63) is 10.0 Å². The predicted octanol–water partition coefficient (Wildman–Crippen LogP) is 4.76. The molecule has 1 aromatic rings. The second kappa shape index (κ2) is 23.5. The molecule has 1 heterocycles. The van der Waals surface area contributed by atoms with Gasteiger partial charge >= 0.3 is 0 Å². The molecule has 0 saturated carbocycles. The van der Waals surface area contributed by atoms with Crippen LogP contribution in [0.3, 0.4) is 0 Å². The van der Waals surface area contributed by atoms with Gasteiger partial charge in [0.15, 0.2) is 0 Å². The third-order valence-corrected chi connectivity index (χ3v) is 13.2. The van der Waals surface area contributed by atoms with E-state index in [1.54, 1.807) is 43.6 Å². The summed E-state index contributed by atoms with van der Waals surface area (Å²) in [5, 5.41) is 10.1. The zero-order valence-corrected chi connectivity index (χ0v) is 21.9. The zero-order chi connectivity index (χ0) is 20.5. The number of rotatable bonds is 3. The molecule has 0 fully saturated rings. The van der Waals surface area contributed by atoms with Gasteiger partial charge in [-0.3, -0.25) is 20.4 Å². The van der Waals surface area contributed by atoms with Gasteiger partial charge in [-0.2, -0.15) is 0 Å². The van der Waals surface area contributed by atoms with Crippen LogP contribution in [0.5, 0.6) is 0 Å². The molecule has 0 aliphatic carbocycles. The molecule has 0 saturated heterocycles. The van der Waals surface area contributed by atoms with Crippen molar-refractivity contribution in [3.63, 3.8) is 0 Å². The van der Waals surface area contributed by atoms with Gasteiger partial charge in [0.1, 0.15) is 10.0 Å². The second-order valence-corrected chi connectivity index (χ2v) is 15.9. The molecule has 0 spiro atoms. The van der Waals surface area contributed by atoms with Crippen LogP contribution in [0.4, 0.5) is 0 Å². The van der Waals surface area contributed by atoms with Crippen molar-refractivity contribution >= 4 is 87.5 Å². The highest BCUT2D eigenvalue weighted by Crippen LogP contribution is 2.17. The molecule has 0 aliphatic rings. The van der Waals surface area contributed by atoms with Crippen molar-refractivity contribution in [2.75, 3.05) is 0 Å². The van der Waals surface area contributed by atoms with Gasteiger partial charge in [0, 0.05) is 32.8 Å². The van der Waals surface area contributed by atoms with Crippen LogP contribution in [-0.2, 0) is 59.8 Å². The average molecular weight is 541 g/mol. The first-order valence-corrected chi connectivity index (χ1v) is 16.5. The molecule has 2 N–H and O–H groups in total. The molecule has 1 rings (SSSR count). The number of nitrogens with one attached hydrogen (secondary N) is 2. The van der Waals surface area contributed by atoms with Gasteiger partial charge in [-0.25, -0.2) is 0 Å². The summed E-state index contributed by atoms with van der Waals surface area (Å²) in [7, 11) is 6.83. The Balaban J connectivity index is -0.000000151. The van der Waals surface area contributed by atoms with Crippen LogP contribution in [0.1, 0.15) is 65.4 Å². The van der Waals surface area contributed by atoms with E-state index in [0.717, 1.165) is 17.1 Å². The molecule has 0 aliphatic heterocycles. The van der Waals surface area contributed by atoms with E-state index in [1.165, 1.54) is 22.8 Å². The first-order chi connectivity index (χ1) is 12.1. The van der Waals surface area contributed by atoms with E-state index in [1.807, 2.05) is 6.92 Å². The van der Waals surface area contributed by atoms with Gasteiger partial charge in [0.25, 0.3) is 0 Å². The Morgan fingerprint density at radius 1 is 1.14 bits per heavy atom. The number of hydrogen-bond donors (Lipinski definition) is 2. The first-order valence-electron chi connectivity index (χ1n) is 7.17. The van der Waals surface area contributed by atoms with Crippen LogP contribution in [0.25, 0.3) is 0 Å². The minimum Gasteiger partial charge on any atom is -0.274 e. The summed E-state index contributed by atoms with van der Waals surface area (Å²) in [4.78, 5) is 21.0. The van der Waals surface area contributed by atoms with Gasteiger partial charge in [-0.15, -0.1) is 21.5 Å². The van der Waals surface area contributed by atoms with Crippen molar-refractivity contribution in [1.82, 2.24) is 21.0 Å². The molecule has 0 unspecified atom stereocenters. The topological polar surface area (TPSA) is 84.0 Å². The Kier molecular flexibility index (Phi) is 29.9. The fraction of sp³-hybridized carbons (Fsp3) is 0.714. The summed E-state index contributed by atoms with van der Waals surface area (Å²) >= 11 is 10.9. The highest BCUT2D eigenvalue weighted by molar-refractivity contribution is 8.63. The maximum atomic E-state index is 10.7. The van der Waals surface area contributed by atoms with Crippen molar-refractivity contribution in [3.8, 4) is 0 Å². The quantitative estimate of drug-likeness (QED) is 0.425. The van der Waals surface area contributed by atoms with E-state index in [0.29, 0.717) is 5.92 Å². The Hall–Kier alpha value is 0.200. The van der Waals surface area contributed by atoms with E-state index in [4.69, 9.17) is 0 Å². The van der Waals surface area contributed by atoms with E-state index in [2.05, 4.69) is 57.9 Å². The number of aromatic nitrogens is 2. The smallest absolute Gasteiger partial charge is 0.240 e. The van der Waals surface area contributed by atoms with Gasteiger partial charge in [0.2, 0.25) is 11.8 Å². The second-order valence-electron chi connectivity index (χ2n) is 5.01.